The van der Waals surface area contributed by atoms with Crippen molar-refractivity contribution in [3.63, 3.8) is 0 Å². The Hall–Kier alpha value is -1.80. The molecule has 0 spiro atoms. The summed E-state index contributed by atoms with van der Waals surface area (Å²) in [4.78, 5) is 26.1. The molecule has 1 fully saturated rings. The molecular formula is C17H12INO3S. The third-order valence-electron chi connectivity index (χ3n) is 3.35. The minimum absolute atomic E-state index is 0.0805. The Labute approximate surface area is 151 Å². The molecule has 0 saturated carbocycles. The third kappa shape index (κ3) is 3.59. The lowest BCUT2D eigenvalue weighted by Crippen LogP contribution is -2.27. The number of thioether (sulfide) groups is 1. The van der Waals surface area contributed by atoms with E-state index < -0.39 is 0 Å². The first-order valence-electron chi connectivity index (χ1n) is 6.82. The Bertz CT molecular complexity index is 802. The van der Waals surface area contributed by atoms with Crippen molar-refractivity contribution in [2.24, 2.45) is 0 Å². The van der Waals surface area contributed by atoms with Crippen LogP contribution in [0.25, 0.3) is 6.08 Å². The van der Waals surface area contributed by atoms with Crippen LogP contribution in [-0.2, 0) is 11.3 Å². The van der Waals surface area contributed by atoms with Crippen molar-refractivity contribution in [2.45, 2.75) is 6.54 Å². The van der Waals surface area contributed by atoms with Crippen LogP contribution in [0.15, 0.2) is 53.4 Å². The second-order valence-corrected chi connectivity index (χ2v) is 7.19. The zero-order valence-corrected chi connectivity index (χ0v) is 14.9. The molecule has 0 atom stereocenters. The maximum atomic E-state index is 12.4. The predicted octanol–water partition coefficient (Wildman–Crippen LogP) is 4.23. The van der Waals surface area contributed by atoms with E-state index in [1.807, 2.05) is 24.3 Å². The van der Waals surface area contributed by atoms with Crippen LogP contribution in [0.2, 0.25) is 0 Å². The molecule has 2 amide bonds. The highest BCUT2D eigenvalue weighted by Gasteiger charge is 2.35. The summed E-state index contributed by atoms with van der Waals surface area (Å²) in [5.41, 5.74) is 1.42. The molecule has 1 aliphatic rings. The number of rotatable bonds is 3. The minimum Gasteiger partial charge on any atom is -0.507 e. The molecule has 23 heavy (non-hydrogen) atoms. The Morgan fingerprint density at radius 3 is 2.48 bits per heavy atom. The van der Waals surface area contributed by atoms with E-state index in [1.54, 1.807) is 30.3 Å². The highest BCUT2D eigenvalue weighted by molar-refractivity contribution is 14.1. The van der Waals surface area contributed by atoms with Crippen LogP contribution < -0.4 is 0 Å². The zero-order valence-electron chi connectivity index (χ0n) is 11.9. The topological polar surface area (TPSA) is 57.6 Å². The number of aromatic hydroxyl groups is 1. The van der Waals surface area contributed by atoms with Crippen molar-refractivity contribution < 1.29 is 14.7 Å². The van der Waals surface area contributed by atoms with E-state index in [9.17, 15) is 14.7 Å². The fraction of sp³-hybridized carbons (Fsp3) is 0.0588. The van der Waals surface area contributed by atoms with E-state index in [0.717, 1.165) is 20.9 Å². The van der Waals surface area contributed by atoms with Gasteiger partial charge in [-0.3, -0.25) is 14.5 Å². The number of hydrogen-bond acceptors (Lipinski definition) is 4. The largest absolute Gasteiger partial charge is 0.507 e. The fourth-order valence-electron chi connectivity index (χ4n) is 2.16. The molecule has 1 N–H and O–H groups in total. The average Bonchev–Trinajstić information content (AvgIpc) is 2.79. The summed E-state index contributed by atoms with van der Waals surface area (Å²) in [6.07, 6.45) is 1.55. The maximum Gasteiger partial charge on any atom is 0.293 e. The summed E-state index contributed by atoms with van der Waals surface area (Å²) in [5, 5.41) is 9.49. The molecular weight excluding hydrogens is 425 g/mol. The van der Waals surface area contributed by atoms with Gasteiger partial charge in [-0.05, 0) is 64.2 Å². The average molecular weight is 437 g/mol. The molecule has 2 aromatic carbocycles. The second kappa shape index (κ2) is 6.76. The molecule has 0 aromatic heterocycles. The van der Waals surface area contributed by atoms with Crippen LogP contribution in [0.5, 0.6) is 5.75 Å². The first-order valence-corrected chi connectivity index (χ1v) is 8.72. The molecule has 0 aliphatic carbocycles. The first-order chi connectivity index (χ1) is 11.0. The Morgan fingerprint density at radius 2 is 1.78 bits per heavy atom. The molecule has 3 rings (SSSR count). The molecule has 6 heteroatoms. The molecule has 1 aliphatic heterocycles. The van der Waals surface area contributed by atoms with Crippen LogP contribution in [0.4, 0.5) is 4.79 Å². The van der Waals surface area contributed by atoms with E-state index in [0.29, 0.717) is 10.5 Å². The van der Waals surface area contributed by atoms with Gasteiger partial charge in [0.15, 0.2) is 0 Å². The summed E-state index contributed by atoms with van der Waals surface area (Å²) in [6.45, 7) is 0.250. The predicted molar refractivity (Wildman–Crippen MR) is 98.8 cm³/mol. The van der Waals surface area contributed by atoms with Crippen LogP contribution >= 0.6 is 34.4 Å². The quantitative estimate of drug-likeness (QED) is 0.577. The summed E-state index contributed by atoms with van der Waals surface area (Å²) in [6, 6.07) is 14.4. The lowest BCUT2D eigenvalue weighted by atomic mass is 10.2. The molecule has 0 unspecified atom stereocenters. The second-order valence-electron chi connectivity index (χ2n) is 4.95. The van der Waals surface area contributed by atoms with E-state index in [1.165, 1.54) is 4.90 Å². The van der Waals surface area contributed by atoms with Gasteiger partial charge in [0.05, 0.1) is 11.4 Å². The van der Waals surface area contributed by atoms with Gasteiger partial charge in [-0.25, -0.2) is 0 Å². The van der Waals surface area contributed by atoms with Gasteiger partial charge in [0.1, 0.15) is 5.75 Å². The number of hydrogen-bond donors (Lipinski definition) is 1. The van der Waals surface area contributed by atoms with Gasteiger partial charge < -0.3 is 5.11 Å². The number of phenolic OH excluding ortho intramolecular Hbond substituents is 1. The number of amides is 2. The van der Waals surface area contributed by atoms with Gasteiger partial charge in [-0.2, -0.15) is 0 Å². The zero-order chi connectivity index (χ0) is 16.4. The van der Waals surface area contributed by atoms with Crippen molar-refractivity contribution >= 4 is 51.6 Å². The minimum atomic E-state index is -0.332. The molecule has 1 saturated heterocycles. The molecule has 2 aromatic rings. The Kier molecular flexibility index (Phi) is 4.72. The molecule has 4 nitrogen and oxygen atoms in total. The Balaban J connectivity index is 1.82. The number of nitrogens with zero attached hydrogens (tertiary/aromatic N) is 1. The van der Waals surface area contributed by atoms with Gasteiger partial charge >= 0.3 is 0 Å². The van der Waals surface area contributed by atoms with Crippen LogP contribution in [0, 0.1) is 3.57 Å². The molecule has 0 bridgehead atoms. The number of para-hydroxylation sites is 1. The van der Waals surface area contributed by atoms with Gasteiger partial charge in [0.2, 0.25) is 0 Å². The monoisotopic (exact) mass is 437 g/mol. The maximum absolute atomic E-state index is 12.4. The summed E-state index contributed by atoms with van der Waals surface area (Å²) in [7, 11) is 0. The standard InChI is InChI=1S/C17H12INO3S/c18-13-7-5-11(6-8-13)10-19-16(21)15(23-17(19)22)9-12-3-1-2-4-14(12)20/h1-9,20H,10H2/b15-9-. The number of halogens is 1. The number of carbonyl (C=O) groups is 2. The number of phenols is 1. The molecule has 116 valence electrons. The lowest BCUT2D eigenvalue weighted by Gasteiger charge is -2.12. The SMILES string of the molecule is O=C1S/C(=C\c2ccccc2O)C(=O)N1Cc1ccc(I)cc1. The van der Waals surface area contributed by atoms with E-state index in [4.69, 9.17) is 0 Å². The number of imide groups is 1. The Morgan fingerprint density at radius 1 is 1.09 bits per heavy atom. The first kappa shape index (κ1) is 16.1. The van der Waals surface area contributed by atoms with Crippen molar-refractivity contribution in [1.82, 2.24) is 4.90 Å². The number of carbonyl (C=O) groups excluding carboxylic acids is 2. The van der Waals surface area contributed by atoms with Crippen molar-refractivity contribution in [2.75, 3.05) is 0 Å². The van der Waals surface area contributed by atoms with E-state index in [2.05, 4.69) is 22.6 Å². The van der Waals surface area contributed by atoms with Gasteiger partial charge in [0.25, 0.3) is 11.1 Å². The molecule has 0 radical (unpaired) electrons. The fourth-order valence-corrected chi connectivity index (χ4v) is 3.35. The number of benzene rings is 2. The highest BCUT2D eigenvalue weighted by atomic mass is 127. The van der Waals surface area contributed by atoms with Crippen LogP contribution in [-0.4, -0.2) is 21.2 Å². The normalized spacial score (nSPS) is 16.4. The van der Waals surface area contributed by atoms with E-state index in [-0.39, 0.29) is 23.4 Å². The van der Waals surface area contributed by atoms with Crippen molar-refractivity contribution in [3.05, 3.63) is 68.1 Å². The summed E-state index contributed by atoms with van der Waals surface area (Å²) >= 11 is 3.10. The van der Waals surface area contributed by atoms with Gasteiger partial charge in [-0.15, -0.1) is 0 Å². The van der Waals surface area contributed by atoms with Crippen LogP contribution in [0.1, 0.15) is 11.1 Å². The third-order valence-corrected chi connectivity index (χ3v) is 4.98. The summed E-state index contributed by atoms with van der Waals surface area (Å²) in [5.74, 6) is -0.251. The van der Waals surface area contributed by atoms with Crippen molar-refractivity contribution in [1.29, 1.82) is 0 Å². The van der Waals surface area contributed by atoms with Gasteiger partial charge in [-0.1, -0.05) is 30.3 Å². The highest BCUT2D eigenvalue weighted by Crippen LogP contribution is 2.34. The van der Waals surface area contributed by atoms with Crippen molar-refractivity contribution in [3.8, 4) is 5.75 Å². The van der Waals surface area contributed by atoms with Crippen LogP contribution in [0.3, 0.4) is 0 Å². The smallest absolute Gasteiger partial charge is 0.293 e. The van der Waals surface area contributed by atoms with E-state index >= 15 is 0 Å². The lowest BCUT2D eigenvalue weighted by molar-refractivity contribution is -0.123. The van der Waals surface area contributed by atoms with Gasteiger partial charge in [0, 0.05) is 9.13 Å². The summed E-state index contributed by atoms with van der Waals surface area (Å²) < 4.78 is 1.10. The molecule has 1 heterocycles.